The summed E-state index contributed by atoms with van der Waals surface area (Å²) in [6.07, 6.45) is 1.60. The van der Waals surface area contributed by atoms with Crippen LogP contribution < -0.4 is 0 Å². The van der Waals surface area contributed by atoms with Crippen molar-refractivity contribution in [2.45, 2.75) is 18.9 Å². The lowest BCUT2D eigenvalue weighted by atomic mass is 9.94. The number of carboxylic acids is 1. The van der Waals surface area contributed by atoms with Crippen LogP contribution in [0.15, 0.2) is 36.4 Å². The van der Waals surface area contributed by atoms with Crippen LogP contribution in [-0.4, -0.2) is 29.1 Å². The van der Waals surface area contributed by atoms with Crippen molar-refractivity contribution >= 4 is 40.5 Å². The lowest BCUT2D eigenvalue weighted by Crippen LogP contribution is -2.41. The SMILES string of the molecule is O=C(O)C1CCCN(C(c2ccc(Cl)s2)c2ccccc2Cl)C1. The summed E-state index contributed by atoms with van der Waals surface area (Å²) in [5, 5.41) is 10.1. The van der Waals surface area contributed by atoms with E-state index in [1.807, 2.05) is 36.4 Å². The summed E-state index contributed by atoms with van der Waals surface area (Å²) in [5.41, 5.74) is 0.999. The number of piperidine rings is 1. The molecule has 0 saturated carbocycles. The highest BCUT2D eigenvalue weighted by atomic mass is 35.5. The van der Waals surface area contributed by atoms with Gasteiger partial charge >= 0.3 is 5.97 Å². The van der Waals surface area contributed by atoms with Gasteiger partial charge in [0.1, 0.15) is 0 Å². The molecule has 122 valence electrons. The zero-order valence-corrected chi connectivity index (χ0v) is 14.7. The smallest absolute Gasteiger partial charge is 0.307 e. The van der Waals surface area contributed by atoms with Crippen molar-refractivity contribution in [2.75, 3.05) is 13.1 Å². The number of halogens is 2. The molecule has 0 amide bonds. The van der Waals surface area contributed by atoms with Gasteiger partial charge in [0, 0.05) is 16.4 Å². The van der Waals surface area contributed by atoms with Gasteiger partial charge in [-0.2, -0.15) is 0 Å². The zero-order chi connectivity index (χ0) is 16.4. The molecule has 1 saturated heterocycles. The molecule has 2 heterocycles. The Morgan fingerprint density at radius 3 is 2.70 bits per heavy atom. The van der Waals surface area contributed by atoms with E-state index in [4.69, 9.17) is 23.2 Å². The highest BCUT2D eigenvalue weighted by molar-refractivity contribution is 7.16. The number of aliphatic carboxylic acids is 1. The maximum Gasteiger partial charge on any atom is 0.307 e. The number of thiophene rings is 1. The van der Waals surface area contributed by atoms with Gasteiger partial charge in [-0.05, 0) is 43.1 Å². The summed E-state index contributed by atoms with van der Waals surface area (Å²) in [6.45, 7) is 1.38. The second-order valence-electron chi connectivity index (χ2n) is 5.74. The second kappa shape index (κ2) is 7.22. The maximum absolute atomic E-state index is 11.4. The normalized spacial score (nSPS) is 20.3. The summed E-state index contributed by atoms with van der Waals surface area (Å²) in [4.78, 5) is 14.7. The first-order chi connectivity index (χ1) is 11.1. The third-order valence-corrected chi connectivity index (χ3v) is 5.86. The minimum atomic E-state index is -0.725. The molecule has 0 bridgehead atoms. The van der Waals surface area contributed by atoms with Gasteiger partial charge in [-0.15, -0.1) is 11.3 Å². The van der Waals surface area contributed by atoms with Crippen molar-refractivity contribution in [2.24, 2.45) is 5.92 Å². The molecule has 6 heteroatoms. The number of carboxylic acid groups (broad SMARTS) is 1. The summed E-state index contributed by atoms with van der Waals surface area (Å²) in [5.74, 6) is -1.05. The summed E-state index contributed by atoms with van der Waals surface area (Å²) in [6, 6.07) is 11.6. The van der Waals surface area contributed by atoms with Gasteiger partial charge in [-0.1, -0.05) is 41.4 Å². The minimum Gasteiger partial charge on any atom is -0.481 e. The van der Waals surface area contributed by atoms with E-state index in [9.17, 15) is 9.90 Å². The van der Waals surface area contributed by atoms with Crippen LogP contribution >= 0.6 is 34.5 Å². The molecule has 3 rings (SSSR count). The minimum absolute atomic E-state index is 0.0525. The maximum atomic E-state index is 11.4. The molecular weight excluding hydrogens is 353 g/mol. The predicted octanol–water partition coefficient (Wildman–Crippen LogP) is 4.94. The Morgan fingerprint density at radius 1 is 1.26 bits per heavy atom. The quantitative estimate of drug-likeness (QED) is 0.829. The Bertz CT molecular complexity index is 703. The lowest BCUT2D eigenvalue weighted by molar-refractivity contribution is -0.143. The average Bonchev–Trinajstić information content (AvgIpc) is 2.96. The Hall–Kier alpha value is -1.07. The van der Waals surface area contributed by atoms with Gasteiger partial charge in [-0.3, -0.25) is 9.69 Å². The van der Waals surface area contributed by atoms with E-state index < -0.39 is 5.97 Å². The standard InChI is InChI=1S/C17H17Cl2NO2S/c18-13-6-2-1-5-12(13)16(14-7-8-15(19)23-14)20-9-3-4-11(10-20)17(21)22/h1-2,5-8,11,16H,3-4,9-10H2,(H,21,22). The Morgan fingerprint density at radius 2 is 2.04 bits per heavy atom. The fourth-order valence-corrected chi connectivity index (χ4v) is 4.60. The van der Waals surface area contributed by atoms with Crippen molar-refractivity contribution < 1.29 is 9.90 Å². The Balaban J connectivity index is 1.98. The number of hydrogen-bond acceptors (Lipinski definition) is 3. The molecular formula is C17H17Cl2NO2S. The van der Waals surface area contributed by atoms with Gasteiger partial charge in [0.05, 0.1) is 16.3 Å². The summed E-state index contributed by atoms with van der Waals surface area (Å²) >= 11 is 14.1. The van der Waals surface area contributed by atoms with Crippen molar-refractivity contribution in [3.63, 3.8) is 0 Å². The lowest BCUT2D eigenvalue weighted by Gasteiger charge is -2.37. The molecule has 1 aliphatic heterocycles. The van der Waals surface area contributed by atoms with Crippen molar-refractivity contribution in [3.8, 4) is 0 Å². The molecule has 1 fully saturated rings. The first-order valence-corrected chi connectivity index (χ1v) is 9.10. The van der Waals surface area contributed by atoms with E-state index in [0.717, 1.165) is 34.2 Å². The third-order valence-electron chi connectivity index (χ3n) is 4.23. The molecule has 3 nitrogen and oxygen atoms in total. The molecule has 0 aliphatic carbocycles. The fraction of sp³-hybridized carbons (Fsp3) is 0.353. The van der Waals surface area contributed by atoms with Crippen LogP contribution in [0.5, 0.6) is 0 Å². The molecule has 0 spiro atoms. The third kappa shape index (κ3) is 3.72. The number of rotatable bonds is 4. The Kier molecular flexibility index (Phi) is 5.27. The fourth-order valence-electron chi connectivity index (χ4n) is 3.14. The van der Waals surface area contributed by atoms with E-state index in [-0.39, 0.29) is 12.0 Å². The van der Waals surface area contributed by atoms with Gasteiger partial charge in [0.2, 0.25) is 0 Å². The number of carbonyl (C=O) groups is 1. The molecule has 1 aliphatic rings. The molecule has 23 heavy (non-hydrogen) atoms. The van der Waals surface area contributed by atoms with E-state index in [2.05, 4.69) is 4.90 Å². The van der Waals surface area contributed by atoms with Gasteiger partial charge in [0.15, 0.2) is 0 Å². The first kappa shape index (κ1) is 16.8. The molecule has 1 N–H and O–H groups in total. The predicted molar refractivity (Wildman–Crippen MR) is 94.6 cm³/mol. The largest absolute Gasteiger partial charge is 0.481 e. The Labute approximate surface area is 149 Å². The molecule has 2 aromatic rings. The molecule has 2 atom stereocenters. The van der Waals surface area contributed by atoms with Crippen LogP contribution in [0.2, 0.25) is 9.36 Å². The van der Waals surface area contributed by atoms with Crippen LogP contribution in [0.4, 0.5) is 0 Å². The van der Waals surface area contributed by atoms with E-state index in [1.54, 1.807) is 0 Å². The first-order valence-electron chi connectivity index (χ1n) is 7.53. The number of likely N-dealkylation sites (tertiary alicyclic amines) is 1. The number of benzene rings is 1. The molecule has 0 radical (unpaired) electrons. The zero-order valence-electron chi connectivity index (χ0n) is 12.4. The van der Waals surface area contributed by atoms with Crippen LogP contribution in [0, 0.1) is 5.92 Å². The number of nitrogens with zero attached hydrogens (tertiary/aromatic N) is 1. The summed E-state index contributed by atoms with van der Waals surface area (Å²) < 4.78 is 0.726. The molecule has 2 unspecified atom stereocenters. The van der Waals surface area contributed by atoms with Crippen LogP contribution in [0.3, 0.4) is 0 Å². The highest BCUT2D eigenvalue weighted by Gasteiger charge is 2.32. The number of hydrogen-bond donors (Lipinski definition) is 1. The topological polar surface area (TPSA) is 40.5 Å². The second-order valence-corrected chi connectivity index (χ2v) is 7.89. The van der Waals surface area contributed by atoms with Gasteiger partial charge in [-0.25, -0.2) is 0 Å². The molecule has 1 aromatic heterocycles. The van der Waals surface area contributed by atoms with Crippen molar-refractivity contribution in [3.05, 3.63) is 56.2 Å². The van der Waals surface area contributed by atoms with Crippen LogP contribution in [0.25, 0.3) is 0 Å². The van der Waals surface area contributed by atoms with Gasteiger partial charge in [0.25, 0.3) is 0 Å². The molecule has 1 aromatic carbocycles. The summed E-state index contributed by atoms with van der Waals surface area (Å²) in [7, 11) is 0. The monoisotopic (exact) mass is 369 g/mol. The van der Waals surface area contributed by atoms with E-state index in [1.165, 1.54) is 11.3 Å². The van der Waals surface area contributed by atoms with E-state index >= 15 is 0 Å². The van der Waals surface area contributed by atoms with Crippen molar-refractivity contribution in [1.29, 1.82) is 0 Å². The average molecular weight is 370 g/mol. The van der Waals surface area contributed by atoms with Crippen LogP contribution in [0.1, 0.15) is 29.3 Å². The van der Waals surface area contributed by atoms with E-state index in [0.29, 0.717) is 11.6 Å². The van der Waals surface area contributed by atoms with Crippen molar-refractivity contribution in [1.82, 2.24) is 4.90 Å². The van der Waals surface area contributed by atoms with Crippen LogP contribution in [-0.2, 0) is 4.79 Å². The van der Waals surface area contributed by atoms with Gasteiger partial charge < -0.3 is 5.11 Å². The highest BCUT2D eigenvalue weighted by Crippen LogP contribution is 2.39.